The van der Waals surface area contributed by atoms with E-state index >= 15 is 0 Å². The average molecular weight is 281 g/mol. The first-order valence-electron chi connectivity index (χ1n) is 7.21. The van der Waals surface area contributed by atoms with Crippen LogP contribution >= 0.6 is 0 Å². The normalized spacial score (nSPS) is 14.3. The number of aliphatic hydroxyl groups is 2. The molecule has 0 aromatic heterocycles. The van der Waals surface area contributed by atoms with Gasteiger partial charge >= 0.3 is 0 Å². The predicted octanol–water partition coefficient (Wildman–Crippen LogP) is 1.66. The summed E-state index contributed by atoms with van der Waals surface area (Å²) in [5.74, 6) is 0.737. The molecule has 0 saturated carbocycles. The van der Waals surface area contributed by atoms with Crippen LogP contribution in [0.1, 0.15) is 31.9 Å². The largest absolute Gasteiger partial charge is 0.491 e. The van der Waals surface area contributed by atoms with E-state index in [0.29, 0.717) is 12.5 Å². The van der Waals surface area contributed by atoms with Crippen molar-refractivity contribution in [1.29, 1.82) is 0 Å². The standard InChI is InChI=1S/C16H27NO3/c1-11(2)17-13(4)15(19)10-20-16-6-5-12(3)9-14(16)7-8-18/h5-6,9,11,13,15,17-19H,7-8,10H2,1-4H3. The summed E-state index contributed by atoms with van der Waals surface area (Å²) in [4.78, 5) is 0. The molecule has 1 aromatic rings. The summed E-state index contributed by atoms with van der Waals surface area (Å²) in [7, 11) is 0. The number of benzene rings is 1. The van der Waals surface area contributed by atoms with E-state index in [1.807, 2.05) is 45.9 Å². The summed E-state index contributed by atoms with van der Waals surface area (Å²) in [6, 6.07) is 6.17. The molecule has 0 saturated heterocycles. The Balaban J connectivity index is 2.60. The Hall–Kier alpha value is -1.10. The Morgan fingerprint density at radius 3 is 2.55 bits per heavy atom. The second kappa shape index (κ2) is 8.25. The van der Waals surface area contributed by atoms with Crippen molar-refractivity contribution in [3.05, 3.63) is 29.3 Å². The first-order valence-corrected chi connectivity index (χ1v) is 7.21. The summed E-state index contributed by atoms with van der Waals surface area (Å²) in [6.45, 7) is 8.37. The molecule has 4 heteroatoms. The fourth-order valence-corrected chi connectivity index (χ4v) is 2.12. The summed E-state index contributed by atoms with van der Waals surface area (Å²) in [5, 5.41) is 22.4. The van der Waals surface area contributed by atoms with E-state index < -0.39 is 6.10 Å². The molecule has 0 spiro atoms. The minimum absolute atomic E-state index is 0.0262. The number of aliphatic hydroxyl groups excluding tert-OH is 2. The van der Waals surface area contributed by atoms with E-state index in [2.05, 4.69) is 5.32 Å². The second-order valence-corrected chi connectivity index (χ2v) is 5.57. The van der Waals surface area contributed by atoms with Gasteiger partial charge in [0.15, 0.2) is 0 Å². The van der Waals surface area contributed by atoms with Gasteiger partial charge in [0.05, 0.1) is 0 Å². The number of rotatable bonds is 8. The molecule has 4 nitrogen and oxygen atoms in total. The third kappa shape index (κ3) is 5.49. The molecule has 3 N–H and O–H groups in total. The minimum atomic E-state index is -0.569. The average Bonchev–Trinajstić information content (AvgIpc) is 2.37. The zero-order chi connectivity index (χ0) is 15.1. The summed E-state index contributed by atoms with van der Waals surface area (Å²) < 4.78 is 5.71. The zero-order valence-corrected chi connectivity index (χ0v) is 12.9. The molecule has 20 heavy (non-hydrogen) atoms. The van der Waals surface area contributed by atoms with Gasteiger partial charge in [0.2, 0.25) is 0 Å². The molecule has 1 aromatic carbocycles. The summed E-state index contributed by atoms with van der Waals surface area (Å²) >= 11 is 0. The van der Waals surface area contributed by atoms with Crippen LogP contribution in [0.5, 0.6) is 5.75 Å². The maximum absolute atomic E-state index is 10.1. The van der Waals surface area contributed by atoms with Gasteiger partial charge in [-0.15, -0.1) is 0 Å². The monoisotopic (exact) mass is 281 g/mol. The van der Waals surface area contributed by atoms with Crippen LogP contribution in [0.2, 0.25) is 0 Å². The number of hydrogen-bond donors (Lipinski definition) is 3. The van der Waals surface area contributed by atoms with Crippen LogP contribution in [0.25, 0.3) is 0 Å². The van der Waals surface area contributed by atoms with E-state index in [-0.39, 0.29) is 19.3 Å². The van der Waals surface area contributed by atoms with Crippen molar-refractivity contribution in [2.45, 2.75) is 52.3 Å². The van der Waals surface area contributed by atoms with Crippen molar-refractivity contribution in [1.82, 2.24) is 5.32 Å². The lowest BCUT2D eigenvalue weighted by Gasteiger charge is -2.23. The Morgan fingerprint density at radius 2 is 1.95 bits per heavy atom. The van der Waals surface area contributed by atoms with Gasteiger partial charge in [-0.3, -0.25) is 0 Å². The molecule has 0 aliphatic carbocycles. The van der Waals surface area contributed by atoms with Gasteiger partial charge in [-0.1, -0.05) is 31.5 Å². The maximum atomic E-state index is 10.1. The lowest BCUT2D eigenvalue weighted by atomic mass is 10.1. The van der Waals surface area contributed by atoms with Crippen LogP contribution < -0.4 is 10.1 Å². The van der Waals surface area contributed by atoms with Crippen LogP contribution in [0.4, 0.5) is 0 Å². The lowest BCUT2D eigenvalue weighted by molar-refractivity contribution is 0.0754. The molecular weight excluding hydrogens is 254 g/mol. The molecule has 0 aliphatic rings. The smallest absolute Gasteiger partial charge is 0.122 e. The van der Waals surface area contributed by atoms with Gasteiger partial charge in [-0.2, -0.15) is 0 Å². The lowest BCUT2D eigenvalue weighted by Crippen LogP contribution is -2.43. The molecular formula is C16H27NO3. The van der Waals surface area contributed by atoms with E-state index in [1.54, 1.807) is 0 Å². The van der Waals surface area contributed by atoms with Crippen molar-refractivity contribution in [2.75, 3.05) is 13.2 Å². The van der Waals surface area contributed by atoms with E-state index in [9.17, 15) is 5.11 Å². The number of hydrogen-bond acceptors (Lipinski definition) is 4. The van der Waals surface area contributed by atoms with Crippen molar-refractivity contribution >= 4 is 0 Å². The minimum Gasteiger partial charge on any atom is -0.491 e. The molecule has 1 rings (SSSR count). The fraction of sp³-hybridized carbons (Fsp3) is 0.625. The number of aryl methyl sites for hydroxylation is 1. The molecule has 0 radical (unpaired) electrons. The molecule has 0 heterocycles. The van der Waals surface area contributed by atoms with Crippen LogP contribution in [0, 0.1) is 6.92 Å². The number of ether oxygens (including phenoxy) is 1. The molecule has 0 bridgehead atoms. The number of nitrogens with one attached hydrogen (secondary N) is 1. The van der Waals surface area contributed by atoms with Gasteiger partial charge in [0, 0.05) is 18.7 Å². The highest BCUT2D eigenvalue weighted by Gasteiger charge is 2.16. The van der Waals surface area contributed by atoms with Crippen molar-refractivity contribution in [3.8, 4) is 5.75 Å². The highest BCUT2D eigenvalue weighted by Crippen LogP contribution is 2.21. The molecule has 0 aliphatic heterocycles. The molecule has 0 amide bonds. The predicted molar refractivity (Wildman–Crippen MR) is 81.2 cm³/mol. The highest BCUT2D eigenvalue weighted by atomic mass is 16.5. The van der Waals surface area contributed by atoms with E-state index in [0.717, 1.165) is 16.9 Å². The van der Waals surface area contributed by atoms with E-state index in [1.165, 1.54) is 0 Å². The van der Waals surface area contributed by atoms with Gasteiger partial charge in [-0.25, -0.2) is 0 Å². The van der Waals surface area contributed by atoms with Crippen LogP contribution in [0.3, 0.4) is 0 Å². The fourth-order valence-electron chi connectivity index (χ4n) is 2.12. The van der Waals surface area contributed by atoms with Crippen LogP contribution in [-0.2, 0) is 6.42 Å². The Kier molecular flexibility index (Phi) is 6.99. The highest BCUT2D eigenvalue weighted by molar-refractivity contribution is 5.37. The maximum Gasteiger partial charge on any atom is 0.122 e. The second-order valence-electron chi connectivity index (χ2n) is 5.57. The van der Waals surface area contributed by atoms with Gasteiger partial charge < -0.3 is 20.3 Å². The molecule has 2 atom stereocenters. The van der Waals surface area contributed by atoms with Gasteiger partial charge in [0.25, 0.3) is 0 Å². The quantitative estimate of drug-likeness (QED) is 0.678. The first-order chi connectivity index (χ1) is 9.43. The van der Waals surface area contributed by atoms with Crippen LogP contribution in [0.15, 0.2) is 18.2 Å². The van der Waals surface area contributed by atoms with Crippen LogP contribution in [-0.4, -0.2) is 41.6 Å². The Morgan fingerprint density at radius 1 is 1.25 bits per heavy atom. The first kappa shape index (κ1) is 17.0. The third-order valence-corrected chi connectivity index (χ3v) is 3.18. The summed E-state index contributed by atoms with van der Waals surface area (Å²) in [5.41, 5.74) is 2.11. The Labute approximate surface area is 121 Å². The van der Waals surface area contributed by atoms with E-state index in [4.69, 9.17) is 9.84 Å². The van der Waals surface area contributed by atoms with Crippen molar-refractivity contribution in [3.63, 3.8) is 0 Å². The molecule has 2 unspecified atom stereocenters. The molecule has 0 fully saturated rings. The SMILES string of the molecule is Cc1ccc(OCC(O)C(C)NC(C)C)c(CCO)c1. The van der Waals surface area contributed by atoms with Gasteiger partial charge in [-0.05, 0) is 31.9 Å². The van der Waals surface area contributed by atoms with Gasteiger partial charge in [0.1, 0.15) is 18.5 Å². The molecule has 114 valence electrons. The summed E-state index contributed by atoms with van der Waals surface area (Å²) in [6.07, 6.45) is -0.00641. The van der Waals surface area contributed by atoms with Crippen molar-refractivity contribution in [2.24, 2.45) is 0 Å². The topological polar surface area (TPSA) is 61.7 Å². The van der Waals surface area contributed by atoms with Crippen molar-refractivity contribution < 1.29 is 14.9 Å². The zero-order valence-electron chi connectivity index (χ0n) is 12.9. The Bertz CT molecular complexity index is 407. The third-order valence-electron chi connectivity index (χ3n) is 3.18.